The van der Waals surface area contributed by atoms with Gasteiger partial charge in [-0.2, -0.15) is 0 Å². The highest BCUT2D eigenvalue weighted by molar-refractivity contribution is 7.89. The Morgan fingerprint density at radius 2 is 1.76 bits per heavy atom. The Morgan fingerprint density at radius 1 is 1.24 bits per heavy atom. The summed E-state index contributed by atoms with van der Waals surface area (Å²) in [5.41, 5.74) is -1.18. The number of amides is 1. The Bertz CT molecular complexity index is 639. The van der Waals surface area contributed by atoms with E-state index in [4.69, 9.17) is 5.11 Å². The van der Waals surface area contributed by atoms with Crippen molar-refractivity contribution in [2.75, 3.05) is 7.05 Å². The predicted molar refractivity (Wildman–Crippen MR) is 76.5 cm³/mol. The minimum Gasteiger partial charge on any atom is -0.480 e. The molecule has 0 aliphatic heterocycles. The molecule has 0 aliphatic carbocycles. The molecule has 1 unspecified atom stereocenters. The molecular weight excluding hydrogens is 296 g/mol. The molecule has 0 saturated heterocycles. The summed E-state index contributed by atoms with van der Waals surface area (Å²) in [6.07, 6.45) is 0.223. The summed E-state index contributed by atoms with van der Waals surface area (Å²) in [6.45, 7) is 3.06. The van der Waals surface area contributed by atoms with Crippen LogP contribution >= 0.6 is 0 Å². The van der Waals surface area contributed by atoms with Crippen LogP contribution < -0.4 is 10.0 Å². The van der Waals surface area contributed by atoms with E-state index in [9.17, 15) is 18.0 Å². The number of carbonyl (C=O) groups is 2. The summed E-state index contributed by atoms with van der Waals surface area (Å²) in [4.78, 5) is 23.2. The van der Waals surface area contributed by atoms with Crippen molar-refractivity contribution in [1.82, 2.24) is 10.0 Å². The number of carboxylic acid groups (broad SMARTS) is 1. The third-order valence-electron chi connectivity index (χ3n) is 3.26. The summed E-state index contributed by atoms with van der Waals surface area (Å²) in [5.74, 6) is -1.71. The van der Waals surface area contributed by atoms with Crippen molar-refractivity contribution >= 4 is 21.9 Å². The minimum absolute atomic E-state index is 0.0260. The molecule has 21 heavy (non-hydrogen) atoms. The largest absolute Gasteiger partial charge is 0.480 e. The summed E-state index contributed by atoms with van der Waals surface area (Å²) < 4.78 is 25.3. The maximum atomic E-state index is 12.0. The fourth-order valence-corrected chi connectivity index (χ4v) is 2.25. The van der Waals surface area contributed by atoms with Gasteiger partial charge in [0.25, 0.3) is 5.91 Å². The van der Waals surface area contributed by atoms with E-state index < -0.39 is 27.4 Å². The smallest absolute Gasteiger partial charge is 0.329 e. The van der Waals surface area contributed by atoms with Crippen LogP contribution in [-0.4, -0.2) is 38.0 Å². The van der Waals surface area contributed by atoms with E-state index >= 15 is 0 Å². The third kappa shape index (κ3) is 3.79. The molecule has 1 atom stereocenters. The van der Waals surface area contributed by atoms with Gasteiger partial charge in [-0.3, -0.25) is 4.79 Å². The molecule has 0 fully saturated rings. The predicted octanol–water partition coefficient (Wildman–Crippen LogP) is 0.578. The molecule has 0 aliphatic rings. The van der Waals surface area contributed by atoms with E-state index in [1.165, 1.54) is 38.2 Å². The van der Waals surface area contributed by atoms with E-state index in [0.29, 0.717) is 0 Å². The molecule has 0 heterocycles. The number of carboxylic acids is 1. The summed E-state index contributed by atoms with van der Waals surface area (Å²) in [5, 5.41) is 11.5. The first-order chi connectivity index (χ1) is 9.66. The number of benzene rings is 1. The van der Waals surface area contributed by atoms with Gasteiger partial charge in [0.15, 0.2) is 0 Å². The van der Waals surface area contributed by atoms with E-state index in [0.717, 1.165) is 0 Å². The number of sulfonamides is 1. The molecule has 1 aromatic rings. The van der Waals surface area contributed by atoms with Gasteiger partial charge in [0.05, 0.1) is 4.90 Å². The molecule has 0 aromatic heterocycles. The van der Waals surface area contributed by atoms with Gasteiger partial charge in [-0.1, -0.05) is 6.92 Å². The van der Waals surface area contributed by atoms with Gasteiger partial charge in [0, 0.05) is 5.56 Å². The van der Waals surface area contributed by atoms with Gasteiger partial charge in [0.2, 0.25) is 10.0 Å². The molecule has 8 heteroatoms. The molecule has 116 valence electrons. The van der Waals surface area contributed by atoms with Gasteiger partial charge < -0.3 is 10.4 Å². The summed E-state index contributed by atoms with van der Waals surface area (Å²) in [7, 11) is -2.28. The number of rotatable bonds is 6. The first-order valence-electron chi connectivity index (χ1n) is 6.26. The fourth-order valence-electron chi connectivity index (χ4n) is 1.52. The quantitative estimate of drug-likeness (QED) is 0.711. The molecular formula is C13H18N2O5S. The van der Waals surface area contributed by atoms with Gasteiger partial charge in [-0.25, -0.2) is 17.9 Å². The minimum atomic E-state index is -3.57. The van der Waals surface area contributed by atoms with Crippen LogP contribution in [0.2, 0.25) is 0 Å². The van der Waals surface area contributed by atoms with Crippen LogP contribution in [0, 0.1) is 0 Å². The number of hydrogen-bond acceptors (Lipinski definition) is 4. The molecule has 1 aromatic carbocycles. The molecule has 0 bridgehead atoms. The second-order valence-corrected chi connectivity index (χ2v) is 6.56. The number of aliphatic carboxylic acids is 1. The van der Waals surface area contributed by atoms with Crippen LogP contribution in [0.4, 0.5) is 0 Å². The Labute approximate surface area is 123 Å². The van der Waals surface area contributed by atoms with Crippen molar-refractivity contribution in [1.29, 1.82) is 0 Å². The van der Waals surface area contributed by atoms with Crippen molar-refractivity contribution < 1.29 is 23.1 Å². The Kier molecular flexibility index (Phi) is 5.08. The highest BCUT2D eigenvalue weighted by Gasteiger charge is 2.33. The number of carbonyl (C=O) groups excluding carboxylic acids is 1. The van der Waals surface area contributed by atoms with Gasteiger partial charge in [0.1, 0.15) is 5.54 Å². The zero-order valence-corrected chi connectivity index (χ0v) is 12.8. The van der Waals surface area contributed by atoms with Crippen LogP contribution in [-0.2, 0) is 14.8 Å². The summed E-state index contributed by atoms with van der Waals surface area (Å²) in [6, 6.07) is 5.23. The average molecular weight is 314 g/mol. The molecule has 3 N–H and O–H groups in total. The van der Waals surface area contributed by atoms with Crippen LogP contribution in [0.25, 0.3) is 0 Å². The highest BCUT2D eigenvalue weighted by Crippen LogP contribution is 2.13. The lowest BCUT2D eigenvalue weighted by atomic mass is 9.98. The van der Waals surface area contributed by atoms with Crippen LogP contribution in [0.15, 0.2) is 29.2 Å². The van der Waals surface area contributed by atoms with Crippen molar-refractivity contribution in [3.63, 3.8) is 0 Å². The normalized spacial score (nSPS) is 14.2. The van der Waals surface area contributed by atoms with Crippen molar-refractivity contribution in [2.24, 2.45) is 0 Å². The lowest BCUT2D eigenvalue weighted by Gasteiger charge is -2.24. The highest BCUT2D eigenvalue weighted by atomic mass is 32.2. The Morgan fingerprint density at radius 3 is 2.14 bits per heavy atom. The van der Waals surface area contributed by atoms with Crippen LogP contribution in [0.3, 0.4) is 0 Å². The van der Waals surface area contributed by atoms with E-state index in [1.54, 1.807) is 6.92 Å². The fraction of sp³-hybridized carbons (Fsp3) is 0.385. The van der Waals surface area contributed by atoms with Gasteiger partial charge in [-0.15, -0.1) is 0 Å². The zero-order chi connectivity index (χ0) is 16.3. The van der Waals surface area contributed by atoms with E-state index in [2.05, 4.69) is 10.0 Å². The Hall–Kier alpha value is -1.93. The maximum Gasteiger partial charge on any atom is 0.329 e. The maximum absolute atomic E-state index is 12.0. The first-order valence-corrected chi connectivity index (χ1v) is 7.74. The van der Waals surface area contributed by atoms with E-state index in [-0.39, 0.29) is 16.9 Å². The number of hydrogen-bond donors (Lipinski definition) is 3. The number of nitrogens with one attached hydrogen (secondary N) is 2. The topological polar surface area (TPSA) is 113 Å². The molecule has 7 nitrogen and oxygen atoms in total. The van der Waals surface area contributed by atoms with Crippen LogP contribution in [0.5, 0.6) is 0 Å². The van der Waals surface area contributed by atoms with Crippen molar-refractivity contribution in [3.8, 4) is 0 Å². The first kappa shape index (κ1) is 17.1. The zero-order valence-electron chi connectivity index (χ0n) is 12.0. The lowest BCUT2D eigenvalue weighted by molar-refractivity contribution is -0.143. The van der Waals surface area contributed by atoms with Gasteiger partial charge in [-0.05, 0) is 44.7 Å². The second-order valence-electron chi connectivity index (χ2n) is 4.68. The van der Waals surface area contributed by atoms with Crippen LogP contribution in [0.1, 0.15) is 30.6 Å². The molecule has 1 amide bonds. The summed E-state index contributed by atoms with van der Waals surface area (Å²) >= 11 is 0. The van der Waals surface area contributed by atoms with Crippen molar-refractivity contribution in [3.05, 3.63) is 29.8 Å². The Balaban J connectivity index is 2.98. The second kappa shape index (κ2) is 6.23. The van der Waals surface area contributed by atoms with E-state index in [1.807, 2.05) is 0 Å². The molecule has 1 rings (SSSR count). The SMILES string of the molecule is CCC(C)(NC(=O)c1ccc(S(=O)(=O)NC)cc1)C(=O)O. The standard InChI is InChI=1S/C13H18N2O5S/c1-4-13(2,12(17)18)15-11(16)9-5-7-10(8-6-9)21(19,20)14-3/h5-8,14H,4H2,1-3H3,(H,15,16)(H,17,18). The monoisotopic (exact) mass is 314 g/mol. The van der Waals surface area contributed by atoms with Crippen molar-refractivity contribution in [2.45, 2.75) is 30.7 Å². The molecule has 0 spiro atoms. The molecule has 0 radical (unpaired) electrons. The average Bonchev–Trinajstić information content (AvgIpc) is 2.46. The third-order valence-corrected chi connectivity index (χ3v) is 4.69. The van der Waals surface area contributed by atoms with Gasteiger partial charge >= 0.3 is 5.97 Å². The molecule has 0 saturated carbocycles. The lowest BCUT2D eigenvalue weighted by Crippen LogP contribution is -2.51.